The molecule has 0 aliphatic heterocycles. The van der Waals surface area contributed by atoms with Gasteiger partial charge in [0, 0.05) is 6.42 Å². The number of benzene rings is 1. The summed E-state index contributed by atoms with van der Waals surface area (Å²) in [5.41, 5.74) is 1.14. The maximum atomic E-state index is 12.1. The summed E-state index contributed by atoms with van der Waals surface area (Å²) in [7, 11) is 1.31. The first-order valence-electron chi connectivity index (χ1n) is 4.01. The highest BCUT2D eigenvalue weighted by atomic mass is 19.1. The van der Waals surface area contributed by atoms with Gasteiger partial charge in [0.05, 0.1) is 19.3 Å². The van der Waals surface area contributed by atoms with Crippen molar-refractivity contribution in [3.63, 3.8) is 0 Å². The van der Waals surface area contributed by atoms with E-state index in [0.29, 0.717) is 11.1 Å². The molecule has 0 saturated heterocycles. The van der Waals surface area contributed by atoms with Gasteiger partial charge in [-0.3, -0.25) is 4.39 Å². The van der Waals surface area contributed by atoms with E-state index in [1.165, 1.54) is 7.11 Å². The number of halogens is 1. The molecule has 0 N–H and O–H groups in total. The van der Waals surface area contributed by atoms with E-state index in [2.05, 4.69) is 4.74 Å². The lowest BCUT2D eigenvalue weighted by Crippen LogP contribution is -2.05. The van der Waals surface area contributed by atoms with E-state index in [-0.39, 0.29) is 6.42 Å². The summed E-state index contributed by atoms with van der Waals surface area (Å²) in [6, 6.07) is 6.87. The Labute approximate surface area is 76.3 Å². The number of hydrogen-bond acceptors (Lipinski definition) is 2. The Morgan fingerprint density at radius 3 is 2.77 bits per heavy atom. The Kier molecular flexibility index (Phi) is 3.43. The average Bonchev–Trinajstić information content (AvgIpc) is 2.18. The minimum Gasteiger partial charge on any atom is -0.465 e. The number of rotatable bonds is 3. The Balaban J connectivity index is 2.97. The minimum absolute atomic E-state index is 0.255. The molecule has 0 fully saturated rings. The number of methoxy groups -OCH3 is 1. The molecule has 0 radical (unpaired) electrons. The van der Waals surface area contributed by atoms with Crippen molar-refractivity contribution < 1.29 is 13.9 Å². The van der Waals surface area contributed by atoms with E-state index in [9.17, 15) is 9.18 Å². The first-order chi connectivity index (χ1) is 6.29. The molecule has 0 saturated carbocycles. The van der Waals surface area contributed by atoms with Gasteiger partial charge in [-0.05, 0) is 11.6 Å². The first-order valence-corrected chi connectivity index (χ1v) is 4.01. The highest BCUT2D eigenvalue weighted by molar-refractivity contribution is 5.90. The summed E-state index contributed by atoms with van der Waals surface area (Å²) in [6.45, 7) is -0.464. The van der Waals surface area contributed by atoms with E-state index < -0.39 is 12.6 Å². The van der Waals surface area contributed by atoms with Crippen LogP contribution in [0.2, 0.25) is 0 Å². The second kappa shape index (κ2) is 4.60. The summed E-state index contributed by atoms with van der Waals surface area (Å²) < 4.78 is 16.6. The zero-order valence-electron chi connectivity index (χ0n) is 7.42. The average molecular weight is 182 g/mol. The van der Waals surface area contributed by atoms with Crippen LogP contribution in [0.15, 0.2) is 24.3 Å². The zero-order valence-corrected chi connectivity index (χ0v) is 7.42. The lowest BCUT2D eigenvalue weighted by Gasteiger charge is -2.04. The Bertz CT molecular complexity index is 297. The molecule has 1 rings (SSSR count). The van der Waals surface area contributed by atoms with Gasteiger partial charge in [0.15, 0.2) is 0 Å². The highest BCUT2D eigenvalue weighted by Crippen LogP contribution is 2.10. The second-order valence-electron chi connectivity index (χ2n) is 2.59. The third-order valence-corrected chi connectivity index (χ3v) is 1.79. The van der Waals surface area contributed by atoms with Crippen molar-refractivity contribution in [1.82, 2.24) is 0 Å². The molecule has 0 bridgehead atoms. The van der Waals surface area contributed by atoms with E-state index in [1.54, 1.807) is 24.3 Å². The molecular weight excluding hydrogens is 171 g/mol. The number of ether oxygens (including phenoxy) is 1. The fourth-order valence-corrected chi connectivity index (χ4v) is 1.15. The molecule has 3 heteroatoms. The van der Waals surface area contributed by atoms with Gasteiger partial charge in [-0.15, -0.1) is 0 Å². The van der Waals surface area contributed by atoms with Crippen LogP contribution >= 0.6 is 0 Å². The Hall–Kier alpha value is -1.38. The molecule has 2 nitrogen and oxygen atoms in total. The maximum absolute atomic E-state index is 12.1. The summed E-state index contributed by atoms with van der Waals surface area (Å²) >= 11 is 0. The SMILES string of the molecule is COC(=O)c1ccccc1CCF. The van der Waals surface area contributed by atoms with Crippen molar-refractivity contribution >= 4 is 5.97 Å². The van der Waals surface area contributed by atoms with Crippen molar-refractivity contribution in [2.75, 3.05) is 13.8 Å². The van der Waals surface area contributed by atoms with Crippen LogP contribution in [0.5, 0.6) is 0 Å². The minimum atomic E-state index is -0.464. The molecule has 0 aromatic heterocycles. The fraction of sp³-hybridized carbons (Fsp3) is 0.300. The maximum Gasteiger partial charge on any atom is 0.338 e. The molecule has 0 atom stereocenters. The number of alkyl halides is 1. The van der Waals surface area contributed by atoms with Crippen LogP contribution in [-0.4, -0.2) is 19.8 Å². The monoisotopic (exact) mass is 182 g/mol. The van der Waals surface area contributed by atoms with Gasteiger partial charge in [-0.1, -0.05) is 18.2 Å². The van der Waals surface area contributed by atoms with Gasteiger partial charge in [-0.25, -0.2) is 4.79 Å². The second-order valence-corrected chi connectivity index (χ2v) is 2.59. The van der Waals surface area contributed by atoms with E-state index in [1.807, 2.05) is 0 Å². The normalized spacial score (nSPS) is 9.69. The highest BCUT2D eigenvalue weighted by Gasteiger charge is 2.09. The molecule has 0 heterocycles. The Morgan fingerprint density at radius 1 is 1.46 bits per heavy atom. The summed E-state index contributed by atoms with van der Waals surface area (Å²) in [5.74, 6) is -0.413. The molecule has 70 valence electrons. The van der Waals surface area contributed by atoms with Gasteiger partial charge in [0.2, 0.25) is 0 Å². The number of aryl methyl sites for hydroxylation is 1. The first kappa shape index (κ1) is 9.71. The van der Waals surface area contributed by atoms with Crippen LogP contribution in [0.3, 0.4) is 0 Å². The van der Waals surface area contributed by atoms with Gasteiger partial charge < -0.3 is 4.74 Å². The van der Waals surface area contributed by atoms with Crippen molar-refractivity contribution in [3.05, 3.63) is 35.4 Å². The van der Waals surface area contributed by atoms with Crippen molar-refractivity contribution in [3.8, 4) is 0 Å². The van der Waals surface area contributed by atoms with E-state index >= 15 is 0 Å². The molecule has 1 aromatic carbocycles. The van der Waals surface area contributed by atoms with Crippen molar-refractivity contribution in [2.24, 2.45) is 0 Å². The topological polar surface area (TPSA) is 26.3 Å². The van der Waals surface area contributed by atoms with Gasteiger partial charge in [0.25, 0.3) is 0 Å². The third kappa shape index (κ3) is 2.28. The molecule has 0 spiro atoms. The predicted molar refractivity (Wildman–Crippen MR) is 47.5 cm³/mol. The molecule has 1 aromatic rings. The number of carbonyl (C=O) groups excluding carboxylic acids is 1. The van der Waals surface area contributed by atoms with Gasteiger partial charge >= 0.3 is 5.97 Å². The number of hydrogen-bond donors (Lipinski definition) is 0. The van der Waals surface area contributed by atoms with Crippen LogP contribution in [0, 0.1) is 0 Å². The smallest absolute Gasteiger partial charge is 0.338 e. The zero-order chi connectivity index (χ0) is 9.68. The molecule has 0 aliphatic rings. The van der Waals surface area contributed by atoms with Crippen LogP contribution in [0.25, 0.3) is 0 Å². The van der Waals surface area contributed by atoms with Crippen LogP contribution in [0.4, 0.5) is 4.39 Å². The lowest BCUT2D eigenvalue weighted by molar-refractivity contribution is 0.0599. The molecular formula is C10H11FO2. The van der Waals surface area contributed by atoms with E-state index in [4.69, 9.17) is 0 Å². The third-order valence-electron chi connectivity index (χ3n) is 1.79. The van der Waals surface area contributed by atoms with Crippen molar-refractivity contribution in [1.29, 1.82) is 0 Å². The van der Waals surface area contributed by atoms with Gasteiger partial charge in [-0.2, -0.15) is 0 Å². The summed E-state index contributed by atoms with van der Waals surface area (Å²) in [5, 5.41) is 0. The largest absolute Gasteiger partial charge is 0.465 e. The van der Waals surface area contributed by atoms with Crippen LogP contribution in [-0.2, 0) is 11.2 Å². The van der Waals surface area contributed by atoms with E-state index in [0.717, 1.165) is 0 Å². The number of esters is 1. The molecule has 0 unspecified atom stereocenters. The summed E-state index contributed by atoms with van der Waals surface area (Å²) in [6.07, 6.45) is 0.255. The number of carbonyl (C=O) groups is 1. The quantitative estimate of drug-likeness (QED) is 0.668. The van der Waals surface area contributed by atoms with Gasteiger partial charge in [0.1, 0.15) is 0 Å². The molecule has 13 heavy (non-hydrogen) atoms. The van der Waals surface area contributed by atoms with Crippen LogP contribution < -0.4 is 0 Å². The van der Waals surface area contributed by atoms with Crippen LogP contribution in [0.1, 0.15) is 15.9 Å². The molecule has 0 amide bonds. The lowest BCUT2D eigenvalue weighted by atomic mass is 10.1. The predicted octanol–water partition coefficient (Wildman–Crippen LogP) is 1.99. The fourth-order valence-electron chi connectivity index (χ4n) is 1.15. The summed E-state index contributed by atoms with van der Waals surface area (Å²) in [4.78, 5) is 11.2. The standard InChI is InChI=1S/C10H11FO2/c1-13-10(12)9-5-3-2-4-8(9)6-7-11/h2-5H,6-7H2,1H3. The Morgan fingerprint density at radius 2 is 2.15 bits per heavy atom. The van der Waals surface area contributed by atoms with Crippen molar-refractivity contribution in [2.45, 2.75) is 6.42 Å². The molecule has 0 aliphatic carbocycles.